The van der Waals surface area contributed by atoms with Gasteiger partial charge in [-0.25, -0.2) is 0 Å². The lowest BCUT2D eigenvalue weighted by molar-refractivity contribution is -0.139. The van der Waals surface area contributed by atoms with Gasteiger partial charge in [-0.1, -0.05) is 38.8 Å². The second-order valence-electron chi connectivity index (χ2n) is 11.2. The number of methoxy groups -OCH3 is 1. The molecular formula is C29H42N4O3. The van der Waals surface area contributed by atoms with Crippen LogP contribution in [0.15, 0.2) is 24.4 Å². The summed E-state index contributed by atoms with van der Waals surface area (Å²) in [5.74, 6) is 0.0309. The van der Waals surface area contributed by atoms with Crippen LogP contribution in [0.5, 0.6) is 0 Å². The number of aryl methyl sites for hydroxylation is 1. The number of rotatable bonds is 8. The summed E-state index contributed by atoms with van der Waals surface area (Å²) in [4.78, 5) is 35.0. The Morgan fingerprint density at radius 1 is 1.22 bits per heavy atom. The van der Waals surface area contributed by atoms with Gasteiger partial charge in [-0.2, -0.15) is 0 Å². The Bertz CT molecular complexity index is 1090. The van der Waals surface area contributed by atoms with Gasteiger partial charge in [0.2, 0.25) is 11.8 Å². The Morgan fingerprint density at radius 3 is 2.72 bits per heavy atom. The van der Waals surface area contributed by atoms with Crippen LogP contribution in [0, 0.1) is 12.8 Å². The molecule has 2 aliphatic heterocycles. The molecule has 2 amide bonds. The highest BCUT2D eigenvalue weighted by Gasteiger charge is 2.53. The second-order valence-corrected chi connectivity index (χ2v) is 11.2. The molecule has 3 heterocycles. The van der Waals surface area contributed by atoms with Crippen molar-refractivity contribution in [1.82, 2.24) is 20.1 Å². The molecule has 2 saturated heterocycles. The number of carbonyl (C=O) groups excluding carboxylic acids is 2. The van der Waals surface area contributed by atoms with E-state index >= 15 is 0 Å². The van der Waals surface area contributed by atoms with Gasteiger partial charge in [-0.05, 0) is 49.8 Å². The van der Waals surface area contributed by atoms with E-state index in [0.29, 0.717) is 12.1 Å². The summed E-state index contributed by atoms with van der Waals surface area (Å²) in [7, 11) is 1.59. The number of nitrogens with zero attached hydrogens (tertiary/aromatic N) is 2. The Hall–Kier alpha value is -2.38. The summed E-state index contributed by atoms with van der Waals surface area (Å²) in [5, 5.41) is 4.26. The van der Waals surface area contributed by atoms with E-state index in [-0.39, 0.29) is 36.3 Å². The highest BCUT2D eigenvalue weighted by molar-refractivity contribution is 5.89. The van der Waals surface area contributed by atoms with Gasteiger partial charge in [-0.15, -0.1) is 0 Å². The molecule has 1 aliphatic carbocycles. The number of hydrogen-bond acceptors (Lipinski definition) is 4. The number of H-pyrrole nitrogens is 1. The first-order valence-corrected chi connectivity index (χ1v) is 13.9. The fourth-order valence-electron chi connectivity index (χ4n) is 6.92. The number of amides is 2. The lowest BCUT2D eigenvalue weighted by atomic mass is 9.91. The summed E-state index contributed by atoms with van der Waals surface area (Å²) >= 11 is 0. The van der Waals surface area contributed by atoms with Gasteiger partial charge in [0.15, 0.2) is 0 Å². The molecule has 0 radical (unpaired) electrons. The van der Waals surface area contributed by atoms with Crippen molar-refractivity contribution in [3.63, 3.8) is 0 Å². The van der Waals surface area contributed by atoms with Gasteiger partial charge >= 0.3 is 0 Å². The zero-order valence-corrected chi connectivity index (χ0v) is 22.3. The monoisotopic (exact) mass is 494 g/mol. The Labute approximate surface area is 214 Å². The zero-order valence-electron chi connectivity index (χ0n) is 22.3. The first kappa shape index (κ1) is 25.3. The molecule has 7 nitrogen and oxygen atoms in total. The SMILES string of the molecule is CC[C@@H](C)C(=O)N[C@@H](COC)C(=O)N1CC[C@@H]2[C@H]1[C@@H](c1c[nH]c3cc(C)ccc13)CN2C1CCCC1. The van der Waals surface area contributed by atoms with Crippen LogP contribution in [-0.2, 0) is 14.3 Å². The number of fused-ring (bicyclic) bond motifs is 2. The molecule has 2 N–H and O–H groups in total. The van der Waals surface area contributed by atoms with E-state index in [1.807, 2.05) is 13.8 Å². The topological polar surface area (TPSA) is 77.7 Å². The first-order valence-electron chi connectivity index (χ1n) is 13.9. The molecule has 196 valence electrons. The minimum Gasteiger partial charge on any atom is -0.382 e. The van der Waals surface area contributed by atoms with Crippen molar-refractivity contribution < 1.29 is 14.3 Å². The number of likely N-dealkylation sites (tertiary alicyclic amines) is 2. The standard InChI is InChI=1S/C29H42N4O3/c1-5-19(3)28(34)31-25(17-36-4)29(35)32-13-12-26-27(32)23(16-33(26)20-8-6-7-9-20)22-15-30-24-14-18(2)10-11-21(22)24/h10-11,14-15,19-20,23,25-27,30H,5-9,12-13,16-17H2,1-4H3,(H,31,34)/t19-,23-,25+,26-,27-/m1/s1. The second kappa shape index (κ2) is 10.5. The highest BCUT2D eigenvalue weighted by atomic mass is 16.5. The molecule has 36 heavy (non-hydrogen) atoms. The number of benzene rings is 1. The Balaban J connectivity index is 1.46. The molecular weight excluding hydrogens is 452 g/mol. The molecule has 1 aromatic carbocycles. The quantitative estimate of drug-likeness (QED) is 0.582. The lowest BCUT2D eigenvalue weighted by Crippen LogP contribution is -2.54. The maximum atomic E-state index is 14.0. The average Bonchev–Trinajstić information content (AvgIpc) is 3.66. The van der Waals surface area contributed by atoms with E-state index in [4.69, 9.17) is 4.74 Å². The Morgan fingerprint density at radius 2 is 2.00 bits per heavy atom. The van der Waals surface area contributed by atoms with Gasteiger partial charge in [-0.3, -0.25) is 14.5 Å². The molecule has 5 atom stereocenters. The van der Waals surface area contributed by atoms with E-state index in [9.17, 15) is 9.59 Å². The largest absolute Gasteiger partial charge is 0.382 e. The summed E-state index contributed by atoms with van der Waals surface area (Å²) in [6, 6.07) is 7.05. The highest BCUT2D eigenvalue weighted by Crippen LogP contribution is 2.45. The number of aromatic amines is 1. The van der Waals surface area contributed by atoms with Crippen LogP contribution in [-0.4, -0.2) is 77.6 Å². The maximum absolute atomic E-state index is 14.0. The van der Waals surface area contributed by atoms with Crippen molar-refractivity contribution in [3.05, 3.63) is 35.5 Å². The summed E-state index contributed by atoms with van der Waals surface area (Å²) in [6.07, 6.45) is 9.02. The Kier molecular flexibility index (Phi) is 7.40. The summed E-state index contributed by atoms with van der Waals surface area (Å²) < 4.78 is 5.40. The van der Waals surface area contributed by atoms with E-state index in [1.54, 1.807) is 7.11 Å². The number of nitrogens with one attached hydrogen (secondary N) is 2. The first-order chi connectivity index (χ1) is 17.4. The van der Waals surface area contributed by atoms with E-state index < -0.39 is 6.04 Å². The number of hydrogen-bond donors (Lipinski definition) is 2. The number of ether oxygens (including phenoxy) is 1. The van der Waals surface area contributed by atoms with E-state index in [0.717, 1.165) is 31.4 Å². The predicted octanol–water partition coefficient (Wildman–Crippen LogP) is 3.96. The van der Waals surface area contributed by atoms with Crippen molar-refractivity contribution >= 4 is 22.7 Å². The van der Waals surface area contributed by atoms with Crippen LogP contribution < -0.4 is 5.32 Å². The van der Waals surface area contributed by atoms with Crippen molar-refractivity contribution in [1.29, 1.82) is 0 Å². The van der Waals surface area contributed by atoms with Gasteiger partial charge in [0.05, 0.1) is 12.6 Å². The van der Waals surface area contributed by atoms with Crippen LogP contribution in [0.4, 0.5) is 0 Å². The van der Waals surface area contributed by atoms with Crippen molar-refractivity contribution in [2.24, 2.45) is 5.92 Å². The molecule has 3 fully saturated rings. The molecule has 7 heteroatoms. The van der Waals surface area contributed by atoms with E-state index in [1.165, 1.54) is 42.2 Å². The molecule has 3 aliphatic rings. The summed E-state index contributed by atoms with van der Waals surface area (Å²) in [5.41, 5.74) is 3.71. The van der Waals surface area contributed by atoms with Crippen LogP contribution in [0.25, 0.3) is 10.9 Å². The molecule has 1 aromatic heterocycles. The molecule has 0 spiro atoms. The van der Waals surface area contributed by atoms with Gasteiger partial charge in [0.25, 0.3) is 0 Å². The van der Waals surface area contributed by atoms with Crippen LogP contribution >= 0.6 is 0 Å². The molecule has 0 unspecified atom stereocenters. The minimum atomic E-state index is -0.651. The fraction of sp³-hybridized carbons (Fsp3) is 0.655. The fourth-order valence-corrected chi connectivity index (χ4v) is 6.92. The van der Waals surface area contributed by atoms with Gasteiger partial charge in [0.1, 0.15) is 6.04 Å². The van der Waals surface area contributed by atoms with Crippen LogP contribution in [0.3, 0.4) is 0 Å². The van der Waals surface area contributed by atoms with Crippen molar-refractivity contribution in [2.45, 2.75) is 89.4 Å². The summed E-state index contributed by atoms with van der Waals surface area (Å²) in [6.45, 7) is 7.92. The van der Waals surface area contributed by atoms with Crippen LogP contribution in [0.1, 0.15) is 69.4 Å². The van der Waals surface area contributed by atoms with Gasteiger partial charge < -0.3 is 19.9 Å². The predicted molar refractivity (Wildman–Crippen MR) is 142 cm³/mol. The van der Waals surface area contributed by atoms with Crippen molar-refractivity contribution in [3.8, 4) is 0 Å². The molecule has 0 bridgehead atoms. The van der Waals surface area contributed by atoms with E-state index in [2.05, 4.69) is 51.4 Å². The normalized spacial score (nSPS) is 26.4. The molecule has 1 saturated carbocycles. The van der Waals surface area contributed by atoms with Gasteiger partial charge in [0, 0.05) is 61.2 Å². The third kappa shape index (κ3) is 4.56. The smallest absolute Gasteiger partial charge is 0.247 e. The third-order valence-corrected chi connectivity index (χ3v) is 9.02. The maximum Gasteiger partial charge on any atom is 0.247 e. The lowest BCUT2D eigenvalue weighted by Gasteiger charge is -2.32. The molecule has 5 rings (SSSR count). The number of aromatic nitrogens is 1. The third-order valence-electron chi connectivity index (χ3n) is 9.02. The number of carbonyl (C=O) groups is 2. The van der Waals surface area contributed by atoms with Crippen LogP contribution in [0.2, 0.25) is 0 Å². The minimum absolute atomic E-state index is 0.00467. The zero-order chi connectivity index (χ0) is 25.4. The average molecular weight is 495 g/mol. The molecule has 2 aromatic rings. The van der Waals surface area contributed by atoms with Crippen molar-refractivity contribution in [2.75, 3.05) is 26.8 Å².